The zero-order valence-electron chi connectivity index (χ0n) is 18.3. The van der Waals surface area contributed by atoms with E-state index in [1.807, 2.05) is 26.8 Å². The second kappa shape index (κ2) is 9.58. The molecule has 9 heteroatoms. The predicted octanol–water partition coefficient (Wildman–Crippen LogP) is 3.97. The maximum Gasteiger partial charge on any atom is 0.260 e. The topological polar surface area (TPSA) is 83.8 Å². The van der Waals surface area contributed by atoms with E-state index in [4.69, 9.17) is 11.6 Å². The number of carbonyl (C=O) groups is 1. The first kappa shape index (κ1) is 23.6. The monoisotopic (exact) mass is 472 g/mol. The summed E-state index contributed by atoms with van der Waals surface area (Å²) in [5.74, 6) is -0.561. The van der Waals surface area contributed by atoms with E-state index in [2.05, 4.69) is 39.4 Å². The summed E-state index contributed by atoms with van der Waals surface area (Å²) in [5, 5.41) is 4.50. The SMILES string of the molecule is Cc1ccc(-n2c(C)cc(/C=N\NC(=O)CN(c3ccc(Cl)cc3)S(C)(=O)=O)c2C)cc1. The van der Waals surface area contributed by atoms with E-state index in [-0.39, 0.29) is 0 Å². The van der Waals surface area contributed by atoms with Gasteiger partial charge in [0.15, 0.2) is 0 Å². The molecule has 0 fully saturated rings. The third-order valence-corrected chi connectivity index (χ3v) is 6.35. The Morgan fingerprint density at radius 3 is 2.31 bits per heavy atom. The molecule has 168 valence electrons. The lowest BCUT2D eigenvalue weighted by Gasteiger charge is -2.21. The lowest BCUT2D eigenvalue weighted by Crippen LogP contribution is -2.39. The number of anilines is 1. The standard InChI is InChI=1S/C23H25ClN4O3S/c1-16-5-9-22(10-6-16)28-17(2)13-19(18(28)3)14-25-26-23(29)15-27(32(4,30)31)21-11-7-20(24)8-12-21/h5-14H,15H2,1-4H3,(H,26,29)/b25-14-. The van der Waals surface area contributed by atoms with Gasteiger partial charge < -0.3 is 4.57 Å². The fraction of sp³-hybridized carbons (Fsp3) is 0.217. The number of hydrogen-bond acceptors (Lipinski definition) is 4. The lowest BCUT2D eigenvalue weighted by molar-refractivity contribution is -0.119. The minimum Gasteiger partial charge on any atom is -0.318 e. The molecular weight excluding hydrogens is 448 g/mol. The zero-order valence-corrected chi connectivity index (χ0v) is 19.9. The summed E-state index contributed by atoms with van der Waals surface area (Å²) in [6, 6.07) is 16.4. The first-order chi connectivity index (χ1) is 15.1. The molecule has 0 aliphatic rings. The number of sulfonamides is 1. The second-order valence-electron chi connectivity index (χ2n) is 7.54. The lowest BCUT2D eigenvalue weighted by atomic mass is 10.2. The highest BCUT2D eigenvalue weighted by molar-refractivity contribution is 7.92. The van der Waals surface area contributed by atoms with Gasteiger partial charge in [0.05, 0.1) is 18.2 Å². The maximum absolute atomic E-state index is 12.4. The van der Waals surface area contributed by atoms with E-state index < -0.39 is 22.5 Å². The largest absolute Gasteiger partial charge is 0.318 e. The van der Waals surface area contributed by atoms with Crippen molar-refractivity contribution in [3.05, 3.63) is 82.1 Å². The van der Waals surface area contributed by atoms with Crippen molar-refractivity contribution in [2.24, 2.45) is 5.10 Å². The van der Waals surface area contributed by atoms with Crippen LogP contribution < -0.4 is 9.73 Å². The van der Waals surface area contributed by atoms with Gasteiger partial charge in [0.1, 0.15) is 6.54 Å². The molecule has 0 aliphatic heterocycles. The van der Waals surface area contributed by atoms with Crippen LogP contribution in [0, 0.1) is 20.8 Å². The Morgan fingerprint density at radius 1 is 1.09 bits per heavy atom. The highest BCUT2D eigenvalue weighted by Crippen LogP contribution is 2.21. The van der Waals surface area contributed by atoms with Gasteiger partial charge in [0, 0.05) is 27.7 Å². The molecule has 0 saturated heterocycles. The average molecular weight is 473 g/mol. The molecule has 7 nitrogen and oxygen atoms in total. The number of amides is 1. The van der Waals surface area contributed by atoms with Gasteiger partial charge in [-0.3, -0.25) is 9.10 Å². The summed E-state index contributed by atoms with van der Waals surface area (Å²) in [6.45, 7) is 5.61. The predicted molar refractivity (Wildman–Crippen MR) is 129 cm³/mol. The summed E-state index contributed by atoms with van der Waals surface area (Å²) in [5.41, 5.74) is 7.83. The van der Waals surface area contributed by atoms with Crippen molar-refractivity contribution in [2.45, 2.75) is 20.8 Å². The van der Waals surface area contributed by atoms with Gasteiger partial charge in [-0.1, -0.05) is 29.3 Å². The van der Waals surface area contributed by atoms with Crippen molar-refractivity contribution in [2.75, 3.05) is 17.1 Å². The van der Waals surface area contributed by atoms with E-state index in [0.29, 0.717) is 10.7 Å². The number of carbonyl (C=O) groups excluding carboxylic acids is 1. The normalized spacial score (nSPS) is 11.7. The van der Waals surface area contributed by atoms with Gasteiger partial charge in [-0.2, -0.15) is 5.10 Å². The number of nitrogens with zero attached hydrogens (tertiary/aromatic N) is 3. The Labute approximate surface area is 193 Å². The van der Waals surface area contributed by atoms with Crippen LogP contribution in [-0.4, -0.2) is 37.9 Å². The summed E-state index contributed by atoms with van der Waals surface area (Å²) in [4.78, 5) is 12.4. The van der Waals surface area contributed by atoms with Crippen LogP contribution in [0.3, 0.4) is 0 Å². The van der Waals surface area contributed by atoms with Crippen LogP contribution in [-0.2, 0) is 14.8 Å². The summed E-state index contributed by atoms with van der Waals surface area (Å²) < 4.78 is 27.4. The van der Waals surface area contributed by atoms with Crippen LogP contribution in [0.4, 0.5) is 5.69 Å². The Bertz CT molecular complexity index is 1250. The first-order valence-electron chi connectivity index (χ1n) is 9.87. The van der Waals surface area contributed by atoms with Crippen molar-refractivity contribution >= 4 is 39.4 Å². The Hall–Kier alpha value is -3.10. The molecule has 0 aliphatic carbocycles. The van der Waals surface area contributed by atoms with Crippen molar-refractivity contribution in [1.82, 2.24) is 9.99 Å². The molecule has 3 aromatic rings. The highest BCUT2D eigenvalue weighted by atomic mass is 35.5. The summed E-state index contributed by atoms with van der Waals surface area (Å²) in [7, 11) is -3.67. The molecule has 1 heterocycles. The van der Waals surface area contributed by atoms with E-state index in [1.165, 1.54) is 5.56 Å². The molecule has 0 atom stereocenters. The van der Waals surface area contributed by atoms with Crippen LogP contribution in [0.25, 0.3) is 5.69 Å². The van der Waals surface area contributed by atoms with Crippen molar-refractivity contribution in [3.8, 4) is 5.69 Å². The number of aryl methyl sites for hydroxylation is 2. The number of hydrazone groups is 1. The molecule has 0 saturated carbocycles. The van der Waals surface area contributed by atoms with Gasteiger partial charge in [-0.25, -0.2) is 13.8 Å². The quantitative estimate of drug-likeness (QED) is 0.417. The summed E-state index contributed by atoms with van der Waals surface area (Å²) >= 11 is 5.87. The molecule has 1 aromatic heterocycles. The first-order valence-corrected chi connectivity index (χ1v) is 12.1. The minimum absolute atomic E-state index is 0.345. The molecule has 1 amide bonds. The molecule has 0 radical (unpaired) electrons. The number of benzene rings is 2. The summed E-state index contributed by atoms with van der Waals surface area (Å²) in [6.07, 6.45) is 2.59. The van der Waals surface area contributed by atoms with Gasteiger partial charge >= 0.3 is 0 Å². The van der Waals surface area contributed by atoms with Crippen molar-refractivity contribution < 1.29 is 13.2 Å². The van der Waals surface area contributed by atoms with Crippen molar-refractivity contribution in [3.63, 3.8) is 0 Å². The van der Waals surface area contributed by atoms with Crippen molar-refractivity contribution in [1.29, 1.82) is 0 Å². The molecule has 0 spiro atoms. The molecule has 32 heavy (non-hydrogen) atoms. The molecule has 0 bridgehead atoms. The van der Waals surface area contributed by atoms with Gasteiger partial charge in [-0.05, 0) is 63.2 Å². The van der Waals surface area contributed by atoms with Crippen LogP contribution >= 0.6 is 11.6 Å². The number of hydrogen-bond donors (Lipinski definition) is 1. The van der Waals surface area contributed by atoms with Gasteiger partial charge in [0.2, 0.25) is 10.0 Å². The van der Waals surface area contributed by atoms with E-state index in [1.54, 1.807) is 30.5 Å². The van der Waals surface area contributed by atoms with Gasteiger partial charge in [0.25, 0.3) is 5.91 Å². The van der Waals surface area contributed by atoms with Crippen LogP contribution in [0.2, 0.25) is 5.02 Å². The maximum atomic E-state index is 12.4. The van der Waals surface area contributed by atoms with Crippen LogP contribution in [0.15, 0.2) is 59.7 Å². The fourth-order valence-corrected chi connectivity index (χ4v) is 4.34. The molecule has 3 rings (SSSR count). The zero-order chi connectivity index (χ0) is 23.5. The highest BCUT2D eigenvalue weighted by Gasteiger charge is 2.20. The Morgan fingerprint density at radius 2 is 1.72 bits per heavy atom. The molecule has 2 aromatic carbocycles. The Kier molecular flexibility index (Phi) is 7.06. The van der Waals surface area contributed by atoms with E-state index in [9.17, 15) is 13.2 Å². The van der Waals surface area contributed by atoms with E-state index in [0.717, 1.165) is 33.2 Å². The molecule has 0 unspecified atom stereocenters. The van der Waals surface area contributed by atoms with Crippen LogP contribution in [0.5, 0.6) is 0 Å². The molecule has 1 N–H and O–H groups in total. The van der Waals surface area contributed by atoms with Crippen LogP contribution in [0.1, 0.15) is 22.5 Å². The average Bonchev–Trinajstić information content (AvgIpc) is 3.00. The minimum atomic E-state index is -3.67. The van der Waals surface area contributed by atoms with E-state index >= 15 is 0 Å². The number of aromatic nitrogens is 1. The third kappa shape index (κ3) is 5.57. The Balaban J connectivity index is 1.73. The third-order valence-electron chi connectivity index (χ3n) is 4.96. The number of halogens is 1. The number of rotatable bonds is 7. The molecular formula is C23H25ClN4O3S. The smallest absolute Gasteiger partial charge is 0.260 e. The fourth-order valence-electron chi connectivity index (χ4n) is 3.36. The second-order valence-corrected chi connectivity index (χ2v) is 9.88. The van der Waals surface area contributed by atoms with Gasteiger partial charge in [-0.15, -0.1) is 0 Å². The number of nitrogens with one attached hydrogen (secondary N) is 1.